The van der Waals surface area contributed by atoms with E-state index in [0.29, 0.717) is 17.0 Å². The van der Waals surface area contributed by atoms with E-state index in [2.05, 4.69) is 0 Å². The summed E-state index contributed by atoms with van der Waals surface area (Å²) < 4.78 is 10.5. The molecule has 0 spiro atoms. The van der Waals surface area contributed by atoms with Crippen molar-refractivity contribution in [1.82, 2.24) is 0 Å². The summed E-state index contributed by atoms with van der Waals surface area (Å²) in [6.45, 7) is 3.89. The maximum absolute atomic E-state index is 13.4. The van der Waals surface area contributed by atoms with E-state index in [0.717, 1.165) is 11.1 Å². The Morgan fingerprint density at radius 3 is 2.20 bits per heavy atom. The molecule has 0 aromatic heterocycles. The third-order valence-electron chi connectivity index (χ3n) is 6.10. The first-order valence-electron chi connectivity index (χ1n) is 10.7. The molecule has 35 heavy (non-hydrogen) atoms. The molecule has 6 nitrogen and oxygen atoms in total. The minimum absolute atomic E-state index is 0.0845. The summed E-state index contributed by atoms with van der Waals surface area (Å²) in [4.78, 5) is 28.1. The fourth-order valence-corrected chi connectivity index (χ4v) is 4.79. The van der Waals surface area contributed by atoms with E-state index >= 15 is 0 Å². The SMILES string of the molecule is COc1cccc(C2/C(=C(\O)c3cc(Cl)c(OC)c(Cl)c3)C(=O)C(=O)N2c2ccc(C)c(C)c2)c1. The zero-order valence-electron chi connectivity index (χ0n) is 19.6. The van der Waals surface area contributed by atoms with E-state index in [1.54, 1.807) is 30.3 Å². The number of halogens is 2. The molecule has 1 saturated heterocycles. The number of amides is 1. The van der Waals surface area contributed by atoms with Crippen molar-refractivity contribution in [2.75, 3.05) is 19.1 Å². The second-order valence-corrected chi connectivity index (χ2v) is 9.00. The van der Waals surface area contributed by atoms with Gasteiger partial charge in [-0.15, -0.1) is 0 Å². The average Bonchev–Trinajstić information content (AvgIpc) is 3.10. The third-order valence-corrected chi connectivity index (χ3v) is 6.66. The maximum Gasteiger partial charge on any atom is 0.300 e. The third kappa shape index (κ3) is 4.35. The number of aliphatic hydroxyl groups is 1. The molecule has 0 aliphatic carbocycles. The number of rotatable bonds is 5. The summed E-state index contributed by atoms with van der Waals surface area (Å²) in [6.07, 6.45) is 0. The Morgan fingerprint density at radius 2 is 1.60 bits per heavy atom. The minimum Gasteiger partial charge on any atom is -0.507 e. The number of methoxy groups -OCH3 is 2. The molecule has 1 aliphatic heterocycles. The number of nitrogens with zero attached hydrogens (tertiary/aromatic N) is 1. The molecule has 1 amide bonds. The van der Waals surface area contributed by atoms with Gasteiger partial charge in [-0.25, -0.2) is 0 Å². The van der Waals surface area contributed by atoms with E-state index in [9.17, 15) is 14.7 Å². The number of hydrogen-bond acceptors (Lipinski definition) is 5. The van der Waals surface area contributed by atoms with Gasteiger partial charge in [0.2, 0.25) is 0 Å². The van der Waals surface area contributed by atoms with Crippen molar-refractivity contribution in [3.63, 3.8) is 0 Å². The number of ether oxygens (including phenoxy) is 2. The summed E-state index contributed by atoms with van der Waals surface area (Å²) in [6, 6.07) is 14.5. The Kier molecular flexibility index (Phi) is 6.79. The summed E-state index contributed by atoms with van der Waals surface area (Å²) in [7, 11) is 2.95. The molecule has 1 heterocycles. The number of anilines is 1. The molecule has 180 valence electrons. The molecule has 0 radical (unpaired) electrons. The number of aryl methyl sites for hydroxylation is 2. The van der Waals surface area contributed by atoms with Gasteiger partial charge in [0.1, 0.15) is 11.5 Å². The number of ketones is 1. The van der Waals surface area contributed by atoms with Gasteiger partial charge >= 0.3 is 0 Å². The Morgan fingerprint density at radius 1 is 0.914 bits per heavy atom. The van der Waals surface area contributed by atoms with Crippen LogP contribution < -0.4 is 14.4 Å². The van der Waals surface area contributed by atoms with Gasteiger partial charge in [-0.2, -0.15) is 0 Å². The van der Waals surface area contributed by atoms with Crippen LogP contribution in [-0.4, -0.2) is 31.0 Å². The Labute approximate surface area is 213 Å². The van der Waals surface area contributed by atoms with Gasteiger partial charge in [-0.05, 0) is 66.9 Å². The highest BCUT2D eigenvalue weighted by atomic mass is 35.5. The molecule has 1 atom stereocenters. The zero-order chi connectivity index (χ0) is 25.4. The quantitative estimate of drug-likeness (QED) is 0.248. The van der Waals surface area contributed by atoms with Crippen molar-refractivity contribution in [2.45, 2.75) is 19.9 Å². The molecule has 4 rings (SSSR count). The van der Waals surface area contributed by atoms with Crippen molar-refractivity contribution in [3.8, 4) is 11.5 Å². The first kappa shape index (κ1) is 24.6. The molecule has 0 bridgehead atoms. The number of carbonyl (C=O) groups excluding carboxylic acids is 2. The lowest BCUT2D eigenvalue weighted by Crippen LogP contribution is -2.29. The van der Waals surface area contributed by atoms with Crippen molar-refractivity contribution in [3.05, 3.63) is 92.5 Å². The van der Waals surface area contributed by atoms with Crippen molar-refractivity contribution in [1.29, 1.82) is 0 Å². The summed E-state index contributed by atoms with van der Waals surface area (Å²) in [5, 5.41) is 11.6. The number of hydrogen-bond donors (Lipinski definition) is 1. The van der Waals surface area contributed by atoms with Crippen LogP contribution in [-0.2, 0) is 9.59 Å². The van der Waals surface area contributed by atoms with E-state index in [-0.39, 0.29) is 26.9 Å². The fraction of sp³-hybridized carbons (Fsp3) is 0.185. The highest BCUT2D eigenvalue weighted by molar-refractivity contribution is 6.51. The van der Waals surface area contributed by atoms with Gasteiger partial charge in [0.15, 0.2) is 5.75 Å². The van der Waals surface area contributed by atoms with Crippen LogP contribution in [0.15, 0.2) is 60.2 Å². The lowest BCUT2D eigenvalue weighted by Gasteiger charge is -2.26. The lowest BCUT2D eigenvalue weighted by molar-refractivity contribution is -0.132. The Balaban J connectivity index is 1.98. The standard InChI is InChI=1S/C27H23Cl2NO5/c1-14-8-9-18(10-15(14)2)30-23(16-6-5-7-19(11-16)34-3)22(25(32)27(30)33)24(31)17-12-20(28)26(35-4)21(29)13-17/h5-13,23,31H,1-4H3/b24-22+. The monoisotopic (exact) mass is 511 g/mol. The second kappa shape index (κ2) is 9.64. The molecule has 1 fully saturated rings. The van der Waals surface area contributed by atoms with Crippen LogP contribution in [0, 0.1) is 13.8 Å². The topological polar surface area (TPSA) is 76.1 Å². The number of Topliss-reactive ketones (excluding diaryl/α,β-unsaturated/α-hetero) is 1. The largest absolute Gasteiger partial charge is 0.507 e. The van der Waals surface area contributed by atoms with Crippen LogP contribution in [0.3, 0.4) is 0 Å². The number of aliphatic hydroxyl groups excluding tert-OH is 1. The first-order valence-corrected chi connectivity index (χ1v) is 11.5. The Hall–Kier alpha value is -3.48. The highest BCUT2D eigenvalue weighted by Gasteiger charge is 2.47. The molecule has 1 aliphatic rings. The fourth-order valence-electron chi connectivity index (χ4n) is 4.15. The normalized spacial score (nSPS) is 17.1. The molecule has 3 aromatic carbocycles. The maximum atomic E-state index is 13.4. The van der Waals surface area contributed by atoms with Crippen LogP contribution in [0.2, 0.25) is 10.0 Å². The van der Waals surface area contributed by atoms with E-state index < -0.39 is 23.5 Å². The highest BCUT2D eigenvalue weighted by Crippen LogP contribution is 2.44. The van der Waals surface area contributed by atoms with E-state index in [1.807, 2.05) is 26.0 Å². The molecule has 1 unspecified atom stereocenters. The molecule has 0 saturated carbocycles. The van der Waals surface area contributed by atoms with Gasteiger partial charge in [-0.3, -0.25) is 14.5 Å². The van der Waals surface area contributed by atoms with Crippen LogP contribution in [0.5, 0.6) is 11.5 Å². The number of carbonyl (C=O) groups is 2. The van der Waals surface area contributed by atoms with Crippen LogP contribution in [0.4, 0.5) is 5.69 Å². The number of benzene rings is 3. The minimum atomic E-state index is -0.910. The van der Waals surface area contributed by atoms with Crippen LogP contribution in [0.25, 0.3) is 5.76 Å². The summed E-state index contributed by atoms with van der Waals surface area (Å²) in [5.41, 5.74) is 3.24. The molecule has 8 heteroatoms. The second-order valence-electron chi connectivity index (χ2n) is 8.19. The van der Waals surface area contributed by atoms with Gasteiger partial charge in [-0.1, -0.05) is 41.4 Å². The van der Waals surface area contributed by atoms with Crippen molar-refractivity contribution >= 4 is 46.3 Å². The van der Waals surface area contributed by atoms with Crippen LogP contribution in [0.1, 0.15) is 28.3 Å². The van der Waals surface area contributed by atoms with E-state index in [1.165, 1.54) is 31.3 Å². The van der Waals surface area contributed by atoms with Gasteiger partial charge in [0.05, 0.1) is 35.9 Å². The summed E-state index contributed by atoms with van der Waals surface area (Å²) in [5.74, 6) is -1.19. The van der Waals surface area contributed by atoms with Crippen molar-refractivity contribution < 1.29 is 24.2 Å². The van der Waals surface area contributed by atoms with Gasteiger partial charge < -0.3 is 14.6 Å². The predicted octanol–water partition coefficient (Wildman–Crippen LogP) is 6.25. The molecule has 1 N–H and O–H groups in total. The van der Waals surface area contributed by atoms with E-state index in [4.69, 9.17) is 32.7 Å². The Bertz CT molecular complexity index is 1360. The smallest absolute Gasteiger partial charge is 0.300 e. The summed E-state index contributed by atoms with van der Waals surface area (Å²) >= 11 is 12.6. The van der Waals surface area contributed by atoms with Gasteiger partial charge in [0, 0.05) is 11.3 Å². The zero-order valence-corrected chi connectivity index (χ0v) is 21.1. The first-order chi connectivity index (χ1) is 16.7. The lowest BCUT2D eigenvalue weighted by atomic mass is 9.94. The van der Waals surface area contributed by atoms with Crippen molar-refractivity contribution in [2.24, 2.45) is 0 Å². The molecular formula is C27H23Cl2NO5. The molecule has 3 aromatic rings. The molecular weight excluding hydrogens is 489 g/mol. The predicted molar refractivity (Wildman–Crippen MR) is 137 cm³/mol. The average molecular weight is 512 g/mol. The van der Waals surface area contributed by atoms with Crippen LogP contribution >= 0.6 is 23.2 Å². The van der Waals surface area contributed by atoms with Gasteiger partial charge in [0.25, 0.3) is 11.7 Å².